The van der Waals surface area contributed by atoms with Crippen LogP contribution in [-0.2, 0) is 6.54 Å². The van der Waals surface area contributed by atoms with Crippen molar-refractivity contribution in [2.24, 2.45) is 0 Å². The maximum absolute atomic E-state index is 8.85. The summed E-state index contributed by atoms with van der Waals surface area (Å²) in [4.78, 5) is 4.52. The second kappa shape index (κ2) is 5.76. The van der Waals surface area contributed by atoms with Gasteiger partial charge in [0.2, 0.25) is 0 Å². The normalized spacial score (nSPS) is 10.5. The molecule has 6 heteroatoms. The van der Waals surface area contributed by atoms with Gasteiger partial charge in [-0.3, -0.25) is 0 Å². The second-order valence-electron chi connectivity index (χ2n) is 4.51. The first-order valence-corrected chi connectivity index (χ1v) is 7.39. The van der Waals surface area contributed by atoms with Crippen LogP contribution >= 0.6 is 27.5 Å². The van der Waals surface area contributed by atoms with Gasteiger partial charge in [-0.25, -0.2) is 4.98 Å². The number of fused-ring (bicyclic) bond motifs is 1. The lowest BCUT2D eigenvalue weighted by atomic mass is 10.2. The van der Waals surface area contributed by atoms with Gasteiger partial charge in [-0.15, -0.1) is 0 Å². The summed E-state index contributed by atoms with van der Waals surface area (Å²) in [6.07, 6.45) is 3.93. The maximum Gasteiger partial charge on any atom is 0.137 e. The highest BCUT2D eigenvalue weighted by Gasteiger charge is 2.04. The smallest absolute Gasteiger partial charge is 0.137 e. The Labute approximate surface area is 135 Å². The highest BCUT2D eigenvalue weighted by molar-refractivity contribution is 9.10. The van der Waals surface area contributed by atoms with Gasteiger partial charge in [0.1, 0.15) is 11.7 Å². The van der Waals surface area contributed by atoms with Crippen LogP contribution in [-0.4, -0.2) is 9.38 Å². The lowest BCUT2D eigenvalue weighted by Crippen LogP contribution is -1.99. The predicted octanol–water partition coefficient (Wildman–Crippen LogP) is 4.23. The molecule has 0 unspecified atom stereocenters. The Morgan fingerprint density at radius 1 is 1.29 bits per heavy atom. The van der Waals surface area contributed by atoms with E-state index in [4.69, 9.17) is 16.9 Å². The van der Waals surface area contributed by atoms with Crippen molar-refractivity contribution in [2.75, 3.05) is 5.32 Å². The van der Waals surface area contributed by atoms with Crippen molar-refractivity contribution in [2.45, 2.75) is 6.54 Å². The fourth-order valence-electron chi connectivity index (χ4n) is 2.01. The van der Waals surface area contributed by atoms with Gasteiger partial charge >= 0.3 is 0 Å². The number of nitrogens with zero attached hydrogens (tertiary/aromatic N) is 3. The molecule has 104 valence electrons. The average Bonchev–Trinajstić information content (AvgIpc) is 2.87. The van der Waals surface area contributed by atoms with Gasteiger partial charge in [-0.05, 0) is 46.3 Å². The Bertz CT molecular complexity index is 850. The number of nitrogens with one attached hydrogen (secondary N) is 1. The minimum atomic E-state index is 0.446. The van der Waals surface area contributed by atoms with Crippen molar-refractivity contribution in [1.82, 2.24) is 9.38 Å². The number of hydrogen-bond acceptors (Lipinski definition) is 3. The average molecular weight is 362 g/mol. The van der Waals surface area contributed by atoms with Crippen LogP contribution in [0, 0.1) is 11.3 Å². The highest BCUT2D eigenvalue weighted by atomic mass is 79.9. The second-order valence-corrected chi connectivity index (χ2v) is 5.83. The van der Waals surface area contributed by atoms with Crippen LogP contribution in [0.1, 0.15) is 11.3 Å². The van der Waals surface area contributed by atoms with E-state index in [0.29, 0.717) is 17.1 Å². The van der Waals surface area contributed by atoms with Crippen molar-refractivity contribution in [1.29, 1.82) is 5.26 Å². The summed E-state index contributed by atoms with van der Waals surface area (Å²) in [6, 6.07) is 11.2. The van der Waals surface area contributed by atoms with Crippen LogP contribution in [0.2, 0.25) is 5.02 Å². The third kappa shape index (κ3) is 3.02. The predicted molar refractivity (Wildman–Crippen MR) is 86.4 cm³/mol. The summed E-state index contributed by atoms with van der Waals surface area (Å²) in [6.45, 7) is 0.585. The lowest BCUT2D eigenvalue weighted by molar-refractivity contribution is 1.08. The van der Waals surface area contributed by atoms with Crippen LogP contribution in [0.5, 0.6) is 0 Å². The number of halogens is 2. The molecule has 0 saturated heterocycles. The molecular weight excluding hydrogens is 352 g/mol. The Hall–Kier alpha value is -2.03. The van der Waals surface area contributed by atoms with Crippen molar-refractivity contribution in [3.8, 4) is 6.07 Å². The van der Waals surface area contributed by atoms with E-state index >= 15 is 0 Å². The molecule has 0 aliphatic rings. The van der Waals surface area contributed by atoms with Crippen LogP contribution in [0.3, 0.4) is 0 Å². The number of nitriles is 1. The molecule has 0 spiro atoms. The first-order chi connectivity index (χ1) is 10.2. The molecule has 0 fully saturated rings. The summed E-state index contributed by atoms with van der Waals surface area (Å²) in [5.74, 6) is 0. The van der Waals surface area contributed by atoms with Gasteiger partial charge < -0.3 is 9.72 Å². The zero-order chi connectivity index (χ0) is 14.8. The van der Waals surface area contributed by atoms with E-state index in [1.54, 1.807) is 12.1 Å². The van der Waals surface area contributed by atoms with Crippen molar-refractivity contribution in [3.05, 3.63) is 63.5 Å². The number of aromatic nitrogens is 2. The standard InChI is InChI=1S/C15H10BrClN4/c16-11-2-4-15-20-13(9-21(15)8-11)7-19-12-3-1-10(6-18)14(17)5-12/h1-5,8-9,19H,7H2. The molecule has 1 aromatic carbocycles. The molecule has 0 amide bonds. The number of benzene rings is 1. The zero-order valence-corrected chi connectivity index (χ0v) is 13.2. The third-order valence-corrected chi connectivity index (χ3v) is 3.81. The number of anilines is 1. The molecule has 3 rings (SSSR count). The molecule has 0 saturated carbocycles. The van der Waals surface area contributed by atoms with Gasteiger partial charge in [0.05, 0.1) is 22.8 Å². The molecule has 0 aliphatic carbocycles. The van der Waals surface area contributed by atoms with E-state index in [1.807, 2.05) is 41.1 Å². The molecule has 0 aliphatic heterocycles. The number of hydrogen-bond donors (Lipinski definition) is 1. The van der Waals surface area contributed by atoms with Crippen molar-refractivity contribution >= 4 is 38.9 Å². The number of imidazole rings is 1. The van der Waals surface area contributed by atoms with Crippen molar-refractivity contribution in [3.63, 3.8) is 0 Å². The molecule has 4 nitrogen and oxygen atoms in total. The molecule has 0 bridgehead atoms. The van der Waals surface area contributed by atoms with Gasteiger partial charge in [-0.1, -0.05) is 11.6 Å². The Balaban J connectivity index is 1.77. The zero-order valence-electron chi connectivity index (χ0n) is 10.8. The minimum Gasteiger partial charge on any atom is -0.379 e. The largest absolute Gasteiger partial charge is 0.379 e. The Morgan fingerprint density at radius 3 is 2.90 bits per heavy atom. The summed E-state index contributed by atoms with van der Waals surface area (Å²) >= 11 is 9.44. The molecule has 1 N–H and O–H groups in total. The first-order valence-electron chi connectivity index (χ1n) is 6.22. The topological polar surface area (TPSA) is 53.1 Å². The fraction of sp³-hybridized carbons (Fsp3) is 0.0667. The van der Waals surface area contributed by atoms with E-state index in [1.165, 1.54) is 0 Å². The number of rotatable bonds is 3. The van der Waals surface area contributed by atoms with Gasteiger partial charge in [0.25, 0.3) is 0 Å². The minimum absolute atomic E-state index is 0.446. The van der Waals surface area contributed by atoms with Gasteiger partial charge in [-0.2, -0.15) is 5.26 Å². The van der Waals surface area contributed by atoms with Crippen LogP contribution < -0.4 is 5.32 Å². The molecule has 21 heavy (non-hydrogen) atoms. The quantitative estimate of drug-likeness (QED) is 0.759. The first kappa shape index (κ1) is 13.9. The fourth-order valence-corrected chi connectivity index (χ4v) is 2.59. The molecular formula is C15H10BrClN4. The van der Waals surface area contributed by atoms with Crippen LogP contribution in [0.25, 0.3) is 5.65 Å². The lowest BCUT2D eigenvalue weighted by Gasteiger charge is -2.05. The van der Waals surface area contributed by atoms with E-state index in [-0.39, 0.29) is 0 Å². The maximum atomic E-state index is 8.85. The Morgan fingerprint density at radius 2 is 2.14 bits per heavy atom. The number of pyridine rings is 1. The summed E-state index contributed by atoms with van der Waals surface area (Å²) in [5, 5.41) is 12.5. The summed E-state index contributed by atoms with van der Waals surface area (Å²) < 4.78 is 2.97. The molecule has 3 aromatic rings. The van der Waals surface area contributed by atoms with E-state index < -0.39 is 0 Å². The molecule has 2 aromatic heterocycles. The summed E-state index contributed by atoms with van der Waals surface area (Å²) in [5.41, 5.74) is 3.15. The highest BCUT2D eigenvalue weighted by Crippen LogP contribution is 2.21. The third-order valence-electron chi connectivity index (χ3n) is 3.03. The van der Waals surface area contributed by atoms with Crippen LogP contribution in [0.4, 0.5) is 5.69 Å². The summed E-state index contributed by atoms with van der Waals surface area (Å²) in [7, 11) is 0. The van der Waals surface area contributed by atoms with Gasteiger partial charge in [0.15, 0.2) is 0 Å². The van der Waals surface area contributed by atoms with E-state index in [9.17, 15) is 0 Å². The van der Waals surface area contributed by atoms with Gasteiger partial charge in [0, 0.05) is 22.6 Å². The molecule has 2 heterocycles. The Kier molecular flexibility index (Phi) is 3.82. The monoisotopic (exact) mass is 360 g/mol. The van der Waals surface area contributed by atoms with Crippen molar-refractivity contribution < 1.29 is 0 Å². The van der Waals surface area contributed by atoms with E-state index in [2.05, 4.69) is 26.2 Å². The SMILES string of the molecule is N#Cc1ccc(NCc2cn3cc(Br)ccc3n2)cc1Cl. The molecule has 0 radical (unpaired) electrons. The molecule has 0 atom stereocenters. The van der Waals surface area contributed by atoms with Crippen LogP contribution in [0.15, 0.2) is 47.2 Å². The van der Waals surface area contributed by atoms with E-state index in [0.717, 1.165) is 21.5 Å².